The predicted octanol–water partition coefficient (Wildman–Crippen LogP) is 2.27. The van der Waals surface area contributed by atoms with Crippen LogP contribution >= 0.6 is 24.2 Å². The smallest absolute Gasteiger partial charge is 0.233 e. The lowest BCUT2D eigenvalue weighted by Crippen LogP contribution is -2.40. The number of likely N-dealkylation sites (N-methyl/N-ethyl adjacent to an activating group) is 1. The van der Waals surface area contributed by atoms with Crippen molar-refractivity contribution in [1.82, 2.24) is 10.6 Å². The van der Waals surface area contributed by atoms with Gasteiger partial charge in [0.25, 0.3) is 0 Å². The SMILES string of the molecule is CNC(C)CNC(=O)C(C)Sc1ccc(NC(C)=O)cc1.Cl. The first-order valence-electron chi connectivity index (χ1n) is 6.91. The topological polar surface area (TPSA) is 70.2 Å². The van der Waals surface area contributed by atoms with Crippen molar-refractivity contribution in [2.24, 2.45) is 0 Å². The van der Waals surface area contributed by atoms with Gasteiger partial charge in [-0.25, -0.2) is 0 Å². The molecule has 2 amide bonds. The standard InChI is InChI=1S/C15H23N3O2S.ClH/c1-10(16-4)9-17-15(20)11(2)21-14-7-5-13(6-8-14)18-12(3)19;/h5-8,10-11,16H,9H2,1-4H3,(H,17,20)(H,18,19);1H. The van der Waals surface area contributed by atoms with Crippen LogP contribution < -0.4 is 16.0 Å². The molecular formula is C15H24ClN3O2S. The van der Waals surface area contributed by atoms with Crippen LogP contribution in [0, 0.1) is 0 Å². The molecule has 0 saturated heterocycles. The summed E-state index contributed by atoms with van der Waals surface area (Å²) in [5, 5.41) is 8.53. The number of hydrogen-bond donors (Lipinski definition) is 3. The number of carbonyl (C=O) groups is 2. The van der Waals surface area contributed by atoms with E-state index in [9.17, 15) is 9.59 Å². The van der Waals surface area contributed by atoms with Crippen molar-refractivity contribution in [3.63, 3.8) is 0 Å². The number of anilines is 1. The fraction of sp³-hybridized carbons (Fsp3) is 0.467. The fourth-order valence-electron chi connectivity index (χ4n) is 1.58. The molecular weight excluding hydrogens is 322 g/mol. The van der Waals surface area contributed by atoms with Gasteiger partial charge < -0.3 is 16.0 Å². The molecule has 0 saturated carbocycles. The van der Waals surface area contributed by atoms with Crippen molar-refractivity contribution < 1.29 is 9.59 Å². The van der Waals surface area contributed by atoms with Gasteiger partial charge in [-0.1, -0.05) is 0 Å². The molecule has 0 bridgehead atoms. The zero-order chi connectivity index (χ0) is 15.8. The minimum atomic E-state index is -0.166. The van der Waals surface area contributed by atoms with Crippen molar-refractivity contribution in [3.8, 4) is 0 Å². The Balaban J connectivity index is 0.00000441. The quantitative estimate of drug-likeness (QED) is 0.663. The number of amides is 2. The third-order valence-corrected chi connectivity index (χ3v) is 4.04. The minimum Gasteiger partial charge on any atom is -0.354 e. The second-order valence-electron chi connectivity index (χ2n) is 4.90. The Morgan fingerprint density at radius 3 is 2.27 bits per heavy atom. The fourth-order valence-corrected chi connectivity index (χ4v) is 2.47. The Hall–Kier alpha value is -1.24. The van der Waals surface area contributed by atoms with E-state index in [4.69, 9.17) is 0 Å². The van der Waals surface area contributed by atoms with E-state index in [1.165, 1.54) is 18.7 Å². The number of halogens is 1. The van der Waals surface area contributed by atoms with Gasteiger partial charge in [0, 0.05) is 30.1 Å². The van der Waals surface area contributed by atoms with Crippen molar-refractivity contribution in [3.05, 3.63) is 24.3 Å². The summed E-state index contributed by atoms with van der Waals surface area (Å²) in [6, 6.07) is 7.71. The van der Waals surface area contributed by atoms with Crippen LogP contribution in [-0.2, 0) is 9.59 Å². The molecule has 124 valence electrons. The van der Waals surface area contributed by atoms with Gasteiger partial charge in [-0.3, -0.25) is 9.59 Å². The number of hydrogen-bond acceptors (Lipinski definition) is 4. The monoisotopic (exact) mass is 345 g/mol. The zero-order valence-corrected chi connectivity index (χ0v) is 14.9. The molecule has 1 rings (SSSR count). The van der Waals surface area contributed by atoms with Crippen LogP contribution in [0.1, 0.15) is 20.8 Å². The molecule has 0 aliphatic rings. The summed E-state index contributed by atoms with van der Waals surface area (Å²) in [6.45, 7) is 5.98. The van der Waals surface area contributed by atoms with E-state index in [0.717, 1.165) is 10.6 Å². The Morgan fingerprint density at radius 2 is 1.77 bits per heavy atom. The average molecular weight is 346 g/mol. The van der Waals surface area contributed by atoms with Crippen molar-refractivity contribution in [2.75, 3.05) is 18.9 Å². The molecule has 0 aromatic heterocycles. The highest BCUT2D eigenvalue weighted by molar-refractivity contribution is 8.00. The molecule has 2 unspecified atom stereocenters. The Kier molecular flexibility index (Phi) is 9.89. The molecule has 5 nitrogen and oxygen atoms in total. The van der Waals surface area contributed by atoms with E-state index in [0.29, 0.717) is 6.54 Å². The van der Waals surface area contributed by atoms with Gasteiger partial charge in [-0.15, -0.1) is 24.2 Å². The van der Waals surface area contributed by atoms with E-state index in [2.05, 4.69) is 16.0 Å². The summed E-state index contributed by atoms with van der Waals surface area (Å²) < 4.78 is 0. The lowest BCUT2D eigenvalue weighted by molar-refractivity contribution is -0.120. The lowest BCUT2D eigenvalue weighted by atomic mass is 10.3. The number of carbonyl (C=O) groups excluding carboxylic acids is 2. The Morgan fingerprint density at radius 1 is 1.18 bits per heavy atom. The first-order chi connectivity index (χ1) is 9.92. The molecule has 0 fully saturated rings. The predicted molar refractivity (Wildman–Crippen MR) is 94.8 cm³/mol. The molecule has 0 radical (unpaired) electrons. The van der Waals surface area contributed by atoms with E-state index in [1.54, 1.807) is 0 Å². The molecule has 0 heterocycles. The third-order valence-electron chi connectivity index (χ3n) is 2.93. The maximum atomic E-state index is 12.0. The first-order valence-corrected chi connectivity index (χ1v) is 7.79. The second kappa shape index (κ2) is 10.5. The molecule has 22 heavy (non-hydrogen) atoms. The summed E-state index contributed by atoms with van der Waals surface area (Å²) in [5.41, 5.74) is 0.756. The van der Waals surface area contributed by atoms with Gasteiger partial charge in [-0.05, 0) is 45.2 Å². The first kappa shape index (κ1) is 20.8. The van der Waals surface area contributed by atoms with Gasteiger partial charge in [0.1, 0.15) is 0 Å². The molecule has 0 aliphatic carbocycles. The second-order valence-corrected chi connectivity index (χ2v) is 6.31. The van der Waals surface area contributed by atoms with E-state index in [1.807, 2.05) is 45.2 Å². The van der Waals surface area contributed by atoms with Gasteiger partial charge >= 0.3 is 0 Å². The van der Waals surface area contributed by atoms with E-state index >= 15 is 0 Å². The summed E-state index contributed by atoms with van der Waals surface area (Å²) in [6.07, 6.45) is 0. The van der Waals surface area contributed by atoms with Gasteiger partial charge in [0.05, 0.1) is 5.25 Å². The molecule has 7 heteroatoms. The number of nitrogens with one attached hydrogen (secondary N) is 3. The summed E-state index contributed by atoms with van der Waals surface area (Å²) in [4.78, 5) is 23.9. The maximum absolute atomic E-state index is 12.0. The maximum Gasteiger partial charge on any atom is 0.233 e. The summed E-state index contributed by atoms with van der Waals surface area (Å²) in [7, 11) is 1.87. The molecule has 2 atom stereocenters. The summed E-state index contributed by atoms with van der Waals surface area (Å²) >= 11 is 1.49. The highest BCUT2D eigenvalue weighted by Gasteiger charge is 2.14. The average Bonchev–Trinajstić information content (AvgIpc) is 2.45. The number of thioether (sulfide) groups is 1. The highest BCUT2D eigenvalue weighted by atomic mass is 35.5. The molecule has 0 spiro atoms. The number of benzene rings is 1. The molecule has 3 N–H and O–H groups in total. The summed E-state index contributed by atoms with van der Waals surface area (Å²) in [5.74, 6) is -0.0742. The van der Waals surface area contributed by atoms with Gasteiger partial charge in [0.2, 0.25) is 11.8 Å². The normalized spacial score (nSPS) is 12.7. The van der Waals surface area contributed by atoms with Crippen LogP contribution in [0.15, 0.2) is 29.2 Å². The van der Waals surface area contributed by atoms with Gasteiger partial charge in [-0.2, -0.15) is 0 Å². The number of rotatable bonds is 7. The van der Waals surface area contributed by atoms with Crippen LogP contribution in [0.25, 0.3) is 0 Å². The van der Waals surface area contributed by atoms with Crippen LogP contribution in [0.5, 0.6) is 0 Å². The van der Waals surface area contributed by atoms with Crippen molar-refractivity contribution in [1.29, 1.82) is 0 Å². The molecule has 1 aromatic rings. The van der Waals surface area contributed by atoms with Crippen LogP contribution in [0.4, 0.5) is 5.69 Å². The van der Waals surface area contributed by atoms with Crippen molar-refractivity contribution in [2.45, 2.75) is 37.0 Å². The van der Waals surface area contributed by atoms with Crippen LogP contribution in [0.2, 0.25) is 0 Å². The Bertz CT molecular complexity index is 482. The zero-order valence-electron chi connectivity index (χ0n) is 13.3. The Labute approximate surface area is 142 Å². The van der Waals surface area contributed by atoms with Gasteiger partial charge in [0.15, 0.2) is 0 Å². The molecule has 0 aliphatic heterocycles. The minimum absolute atomic E-state index is 0. The van der Waals surface area contributed by atoms with E-state index in [-0.39, 0.29) is 35.5 Å². The van der Waals surface area contributed by atoms with E-state index < -0.39 is 0 Å². The van der Waals surface area contributed by atoms with Crippen molar-refractivity contribution >= 4 is 41.7 Å². The lowest BCUT2D eigenvalue weighted by Gasteiger charge is -2.15. The molecule has 1 aromatic carbocycles. The highest BCUT2D eigenvalue weighted by Crippen LogP contribution is 2.24. The largest absolute Gasteiger partial charge is 0.354 e. The van der Waals surface area contributed by atoms with Crippen LogP contribution in [0.3, 0.4) is 0 Å². The van der Waals surface area contributed by atoms with Crippen LogP contribution in [-0.4, -0.2) is 36.7 Å². The third kappa shape index (κ3) is 7.68.